The van der Waals surface area contributed by atoms with E-state index < -0.39 is 0 Å². The predicted octanol–water partition coefficient (Wildman–Crippen LogP) is 1.32. The lowest BCUT2D eigenvalue weighted by molar-refractivity contribution is 0.430. The quantitative estimate of drug-likeness (QED) is 0.640. The van der Waals surface area contributed by atoms with Crippen molar-refractivity contribution < 1.29 is 4.52 Å². The number of nitrogens with two attached hydrogens (primary N) is 1. The zero-order valence-electron chi connectivity index (χ0n) is 6.27. The minimum atomic E-state index is 0.488. The van der Waals surface area contributed by atoms with Crippen LogP contribution in [0.3, 0.4) is 0 Å². The average molecular weight is 161 g/mol. The van der Waals surface area contributed by atoms with Crippen molar-refractivity contribution >= 4 is 5.69 Å². The topological polar surface area (TPSA) is 64.9 Å². The van der Waals surface area contributed by atoms with Crippen LogP contribution in [0.15, 0.2) is 35.1 Å². The molecule has 0 radical (unpaired) electrons. The smallest absolute Gasteiger partial charge is 0.257 e. The summed E-state index contributed by atoms with van der Waals surface area (Å²) in [6.07, 6.45) is 1.36. The van der Waals surface area contributed by atoms with Gasteiger partial charge >= 0.3 is 0 Å². The van der Waals surface area contributed by atoms with Gasteiger partial charge in [-0.15, -0.1) is 0 Å². The lowest BCUT2D eigenvalue weighted by Gasteiger charge is -1.94. The number of rotatable bonds is 1. The predicted molar refractivity (Wildman–Crippen MR) is 44.1 cm³/mol. The standard InChI is InChI=1S/C8H7N3O/c9-7-3-1-2-6(4-7)8-10-5-11-12-8/h1-5H,9H2. The van der Waals surface area contributed by atoms with Crippen molar-refractivity contribution in [3.8, 4) is 11.5 Å². The molecule has 0 saturated carbocycles. The summed E-state index contributed by atoms with van der Waals surface area (Å²) in [5.74, 6) is 0.488. The van der Waals surface area contributed by atoms with Gasteiger partial charge in [0, 0.05) is 11.3 Å². The maximum atomic E-state index is 5.57. The monoisotopic (exact) mass is 161 g/mol. The van der Waals surface area contributed by atoms with E-state index in [9.17, 15) is 0 Å². The summed E-state index contributed by atoms with van der Waals surface area (Å²) in [5, 5.41) is 3.50. The first-order chi connectivity index (χ1) is 5.86. The van der Waals surface area contributed by atoms with E-state index in [0.29, 0.717) is 11.6 Å². The molecule has 2 rings (SSSR count). The highest BCUT2D eigenvalue weighted by Gasteiger charge is 2.01. The maximum Gasteiger partial charge on any atom is 0.257 e. The van der Waals surface area contributed by atoms with Gasteiger partial charge in [-0.1, -0.05) is 11.2 Å². The van der Waals surface area contributed by atoms with Gasteiger partial charge in [0.2, 0.25) is 0 Å². The SMILES string of the molecule is Nc1cccc(-c2ncno2)c1. The molecule has 0 unspecified atom stereocenters. The Kier molecular flexibility index (Phi) is 1.51. The summed E-state index contributed by atoms with van der Waals surface area (Å²) in [5.41, 5.74) is 7.10. The van der Waals surface area contributed by atoms with Crippen molar-refractivity contribution in [2.75, 3.05) is 5.73 Å². The van der Waals surface area contributed by atoms with E-state index in [0.717, 1.165) is 5.56 Å². The molecule has 0 amide bonds. The molecule has 1 aromatic carbocycles. The maximum absolute atomic E-state index is 5.57. The molecule has 1 heterocycles. The minimum absolute atomic E-state index is 0.488. The number of hydrogen-bond acceptors (Lipinski definition) is 4. The van der Waals surface area contributed by atoms with Gasteiger partial charge in [0.25, 0.3) is 5.89 Å². The number of nitrogen functional groups attached to an aromatic ring is 1. The number of anilines is 1. The highest BCUT2D eigenvalue weighted by atomic mass is 16.5. The van der Waals surface area contributed by atoms with E-state index in [2.05, 4.69) is 10.1 Å². The Morgan fingerprint density at radius 3 is 2.92 bits per heavy atom. The second-order valence-electron chi connectivity index (χ2n) is 2.37. The highest BCUT2D eigenvalue weighted by molar-refractivity contribution is 5.59. The highest BCUT2D eigenvalue weighted by Crippen LogP contribution is 2.17. The summed E-state index contributed by atoms with van der Waals surface area (Å²) in [4.78, 5) is 3.89. The molecule has 0 bridgehead atoms. The molecular formula is C8H7N3O. The van der Waals surface area contributed by atoms with Gasteiger partial charge in [0.15, 0.2) is 6.33 Å². The van der Waals surface area contributed by atoms with Gasteiger partial charge in [-0.3, -0.25) is 0 Å². The van der Waals surface area contributed by atoms with E-state index in [1.165, 1.54) is 6.33 Å². The number of hydrogen-bond donors (Lipinski definition) is 1. The van der Waals surface area contributed by atoms with E-state index >= 15 is 0 Å². The third kappa shape index (κ3) is 1.14. The fourth-order valence-corrected chi connectivity index (χ4v) is 0.972. The molecule has 2 N–H and O–H groups in total. The van der Waals surface area contributed by atoms with Crippen molar-refractivity contribution in [3.05, 3.63) is 30.6 Å². The molecule has 12 heavy (non-hydrogen) atoms. The molecule has 0 aliphatic heterocycles. The fraction of sp³-hybridized carbons (Fsp3) is 0. The first-order valence-electron chi connectivity index (χ1n) is 3.49. The van der Waals surface area contributed by atoms with Gasteiger partial charge in [0.05, 0.1) is 0 Å². The third-order valence-corrected chi connectivity index (χ3v) is 1.49. The summed E-state index contributed by atoms with van der Waals surface area (Å²) < 4.78 is 4.86. The molecule has 0 spiro atoms. The van der Waals surface area contributed by atoms with Crippen molar-refractivity contribution in [2.24, 2.45) is 0 Å². The average Bonchev–Trinajstić information content (AvgIpc) is 2.56. The minimum Gasteiger partial charge on any atom is -0.399 e. The van der Waals surface area contributed by atoms with Crippen LogP contribution in [0.4, 0.5) is 5.69 Å². The molecule has 0 fully saturated rings. The van der Waals surface area contributed by atoms with Crippen LogP contribution in [-0.2, 0) is 0 Å². The first kappa shape index (κ1) is 6.84. The summed E-state index contributed by atoms with van der Waals surface area (Å²) in [6.45, 7) is 0. The fourth-order valence-electron chi connectivity index (χ4n) is 0.972. The molecule has 4 nitrogen and oxygen atoms in total. The molecule has 0 atom stereocenters. The van der Waals surface area contributed by atoms with Crippen LogP contribution in [0.5, 0.6) is 0 Å². The summed E-state index contributed by atoms with van der Waals surface area (Å²) >= 11 is 0. The van der Waals surface area contributed by atoms with Crippen LogP contribution in [0.25, 0.3) is 11.5 Å². The second kappa shape index (κ2) is 2.65. The van der Waals surface area contributed by atoms with Crippen LogP contribution in [0.2, 0.25) is 0 Å². The van der Waals surface area contributed by atoms with Crippen LogP contribution in [-0.4, -0.2) is 10.1 Å². The van der Waals surface area contributed by atoms with Gasteiger partial charge in [0.1, 0.15) is 0 Å². The van der Waals surface area contributed by atoms with Crippen LogP contribution >= 0.6 is 0 Å². The Morgan fingerprint density at radius 2 is 2.25 bits per heavy atom. The van der Waals surface area contributed by atoms with Gasteiger partial charge in [-0.25, -0.2) is 0 Å². The lowest BCUT2D eigenvalue weighted by Crippen LogP contribution is -1.84. The van der Waals surface area contributed by atoms with Crippen molar-refractivity contribution in [2.45, 2.75) is 0 Å². The normalized spacial score (nSPS) is 10.0. The molecule has 1 aromatic heterocycles. The molecular weight excluding hydrogens is 154 g/mol. The zero-order chi connectivity index (χ0) is 8.39. The summed E-state index contributed by atoms with van der Waals surface area (Å²) in [7, 11) is 0. The van der Waals surface area contributed by atoms with Crippen molar-refractivity contribution in [1.82, 2.24) is 10.1 Å². The van der Waals surface area contributed by atoms with Crippen molar-refractivity contribution in [3.63, 3.8) is 0 Å². The molecule has 4 heteroatoms. The Morgan fingerprint density at radius 1 is 1.33 bits per heavy atom. The molecule has 60 valence electrons. The van der Waals surface area contributed by atoms with E-state index in [-0.39, 0.29) is 0 Å². The molecule has 0 aliphatic carbocycles. The van der Waals surface area contributed by atoms with E-state index in [1.54, 1.807) is 12.1 Å². The van der Waals surface area contributed by atoms with Gasteiger partial charge in [-0.05, 0) is 18.2 Å². The van der Waals surface area contributed by atoms with Crippen LogP contribution < -0.4 is 5.73 Å². The van der Waals surface area contributed by atoms with E-state index in [4.69, 9.17) is 10.3 Å². The van der Waals surface area contributed by atoms with Crippen LogP contribution in [0.1, 0.15) is 0 Å². The zero-order valence-corrected chi connectivity index (χ0v) is 6.27. The first-order valence-corrected chi connectivity index (χ1v) is 3.49. The molecule has 0 saturated heterocycles. The lowest BCUT2D eigenvalue weighted by atomic mass is 10.2. The Hall–Kier alpha value is -1.84. The molecule has 2 aromatic rings. The van der Waals surface area contributed by atoms with Crippen LogP contribution in [0, 0.1) is 0 Å². The number of nitrogens with zero attached hydrogens (tertiary/aromatic N) is 2. The summed E-state index contributed by atoms with van der Waals surface area (Å²) in [6, 6.07) is 7.30. The Labute approximate surface area is 69.0 Å². The Bertz CT molecular complexity index is 370. The molecule has 0 aliphatic rings. The van der Waals surface area contributed by atoms with Crippen molar-refractivity contribution in [1.29, 1.82) is 0 Å². The second-order valence-corrected chi connectivity index (χ2v) is 2.37. The largest absolute Gasteiger partial charge is 0.399 e. The van der Waals surface area contributed by atoms with Gasteiger partial charge in [-0.2, -0.15) is 4.98 Å². The Balaban J connectivity index is 2.48. The third-order valence-electron chi connectivity index (χ3n) is 1.49. The number of benzene rings is 1. The number of aromatic nitrogens is 2. The van der Waals surface area contributed by atoms with E-state index in [1.807, 2.05) is 12.1 Å². The van der Waals surface area contributed by atoms with Gasteiger partial charge < -0.3 is 10.3 Å².